The molecule has 0 spiro atoms. The van der Waals surface area contributed by atoms with Crippen molar-refractivity contribution in [1.29, 1.82) is 0 Å². The van der Waals surface area contributed by atoms with Crippen LogP contribution in [0.25, 0.3) is 0 Å². The summed E-state index contributed by atoms with van der Waals surface area (Å²) >= 11 is 0. The molecule has 0 aliphatic heterocycles. The molecule has 1 atom stereocenters. The minimum Gasteiger partial charge on any atom is -0.462 e. The van der Waals surface area contributed by atoms with E-state index in [2.05, 4.69) is 215 Å². The Morgan fingerprint density at radius 3 is 0.687 bits per heavy atom. The molecule has 0 aromatic heterocycles. The zero-order chi connectivity index (χ0) is 59.9. The van der Waals surface area contributed by atoms with Crippen molar-refractivity contribution in [3.05, 3.63) is 194 Å². The Morgan fingerprint density at radius 1 is 0.241 bits per heavy atom. The Morgan fingerprint density at radius 2 is 0.434 bits per heavy atom. The third kappa shape index (κ3) is 66.9. The van der Waals surface area contributed by atoms with Crippen LogP contribution in [0, 0.1) is 0 Å². The summed E-state index contributed by atoms with van der Waals surface area (Å²) < 4.78 is 16.9. The molecule has 83 heavy (non-hydrogen) atoms. The molecular weight excluding hydrogens is 1020 g/mol. The van der Waals surface area contributed by atoms with E-state index >= 15 is 0 Å². The van der Waals surface area contributed by atoms with E-state index in [0.717, 1.165) is 186 Å². The highest BCUT2D eigenvalue weighted by molar-refractivity contribution is 5.71. The molecule has 0 bridgehead atoms. The van der Waals surface area contributed by atoms with Crippen molar-refractivity contribution in [1.82, 2.24) is 0 Å². The summed E-state index contributed by atoms with van der Waals surface area (Å²) in [6.07, 6.45) is 104. The average molecular weight is 1140 g/mol. The summed E-state index contributed by atoms with van der Waals surface area (Å²) in [5, 5.41) is 0. The summed E-state index contributed by atoms with van der Waals surface area (Å²) in [4.78, 5) is 38.4. The van der Waals surface area contributed by atoms with E-state index in [1.807, 2.05) is 0 Å². The van der Waals surface area contributed by atoms with Crippen molar-refractivity contribution < 1.29 is 28.6 Å². The molecule has 0 aliphatic rings. The first-order chi connectivity index (χ1) is 41.0. The van der Waals surface area contributed by atoms with Gasteiger partial charge >= 0.3 is 17.9 Å². The van der Waals surface area contributed by atoms with Crippen molar-refractivity contribution in [3.63, 3.8) is 0 Å². The summed E-state index contributed by atoms with van der Waals surface area (Å²) in [7, 11) is 0. The van der Waals surface area contributed by atoms with Crippen molar-refractivity contribution in [2.75, 3.05) is 13.2 Å². The number of esters is 3. The quantitative estimate of drug-likeness (QED) is 0.0261. The van der Waals surface area contributed by atoms with Crippen LogP contribution in [0.2, 0.25) is 0 Å². The maximum atomic E-state index is 12.9. The number of hydrogen-bond donors (Lipinski definition) is 0. The van der Waals surface area contributed by atoms with Gasteiger partial charge in [-0.1, -0.05) is 267 Å². The highest BCUT2D eigenvalue weighted by Gasteiger charge is 2.19. The first kappa shape index (κ1) is 77.2. The van der Waals surface area contributed by atoms with E-state index in [4.69, 9.17) is 14.2 Å². The Balaban J connectivity index is 4.57. The van der Waals surface area contributed by atoms with Gasteiger partial charge in [0, 0.05) is 19.3 Å². The standard InChI is InChI=1S/C77H118O6/c1-4-7-10-13-16-19-22-25-28-31-33-35-37-38-40-41-43-46-49-52-55-58-61-64-67-70-76(79)82-73-74(72-81-75(78)69-66-63-60-57-54-51-48-45-30-27-24-21-18-15-12-9-6-3)83-77(80)71-68-65-62-59-56-53-50-47-44-42-39-36-34-32-29-26-23-20-17-14-11-8-5-2/h7-12,16-21,25-30,33-36,38,40,42-44,46,50,52-53,55,74H,4-6,13-15,22-24,31-32,37,39,41,45,47-49,51,54,56-73H2,1-3H3/b10-7-,11-8-,12-9-,19-16-,20-17-,21-18-,28-25-,29-26-,30-27-,35-33-,36-34-,40-38-,44-42-,46-43-,53-50-,55-52-. The lowest BCUT2D eigenvalue weighted by molar-refractivity contribution is -0.167. The average Bonchev–Trinajstić information content (AvgIpc) is 3.49. The van der Waals surface area contributed by atoms with Crippen LogP contribution in [0.1, 0.15) is 252 Å². The van der Waals surface area contributed by atoms with E-state index in [0.29, 0.717) is 12.8 Å². The minimum atomic E-state index is -0.825. The fourth-order valence-electron chi connectivity index (χ4n) is 8.26. The molecule has 0 radical (unpaired) electrons. The maximum Gasteiger partial charge on any atom is 0.306 e. The van der Waals surface area contributed by atoms with Crippen LogP contribution < -0.4 is 0 Å². The third-order valence-corrected chi connectivity index (χ3v) is 13.1. The van der Waals surface area contributed by atoms with Crippen molar-refractivity contribution in [2.45, 2.75) is 258 Å². The van der Waals surface area contributed by atoms with E-state index < -0.39 is 6.10 Å². The molecule has 0 fully saturated rings. The second-order valence-electron chi connectivity index (χ2n) is 20.9. The van der Waals surface area contributed by atoms with E-state index in [9.17, 15) is 14.4 Å². The number of unbranched alkanes of at least 4 members (excludes halogenated alkanes) is 14. The Bertz CT molecular complexity index is 1990. The second kappa shape index (κ2) is 68.7. The molecule has 0 aromatic rings. The fourth-order valence-corrected chi connectivity index (χ4v) is 8.26. The van der Waals surface area contributed by atoms with Crippen LogP contribution in [0.4, 0.5) is 0 Å². The normalized spacial score (nSPS) is 13.4. The van der Waals surface area contributed by atoms with Crippen LogP contribution in [-0.4, -0.2) is 37.2 Å². The molecule has 0 aromatic carbocycles. The first-order valence-corrected chi connectivity index (χ1v) is 32.9. The van der Waals surface area contributed by atoms with Gasteiger partial charge in [-0.25, -0.2) is 0 Å². The van der Waals surface area contributed by atoms with Gasteiger partial charge in [-0.05, 0) is 161 Å². The van der Waals surface area contributed by atoms with Crippen LogP contribution in [0.15, 0.2) is 194 Å². The van der Waals surface area contributed by atoms with Crippen LogP contribution in [-0.2, 0) is 28.6 Å². The van der Waals surface area contributed by atoms with Crippen molar-refractivity contribution in [3.8, 4) is 0 Å². The van der Waals surface area contributed by atoms with Crippen molar-refractivity contribution >= 4 is 17.9 Å². The smallest absolute Gasteiger partial charge is 0.306 e. The van der Waals surface area contributed by atoms with Gasteiger partial charge in [0.15, 0.2) is 6.10 Å². The number of rotatable bonds is 57. The number of allylic oxidation sites excluding steroid dienone is 32. The lowest BCUT2D eigenvalue weighted by Crippen LogP contribution is -2.30. The highest BCUT2D eigenvalue weighted by atomic mass is 16.6. The molecule has 0 amide bonds. The van der Waals surface area contributed by atoms with Gasteiger partial charge in [-0.15, -0.1) is 0 Å². The molecule has 6 heteroatoms. The predicted octanol–water partition coefficient (Wildman–Crippen LogP) is 23.0. The molecule has 1 unspecified atom stereocenters. The Kier molecular flexibility index (Phi) is 64.0. The van der Waals surface area contributed by atoms with Gasteiger partial charge in [0.2, 0.25) is 0 Å². The fraction of sp³-hybridized carbons (Fsp3) is 0.545. The maximum absolute atomic E-state index is 12.9. The van der Waals surface area contributed by atoms with E-state index in [-0.39, 0.29) is 37.5 Å². The van der Waals surface area contributed by atoms with Crippen LogP contribution in [0.3, 0.4) is 0 Å². The van der Waals surface area contributed by atoms with Gasteiger partial charge in [-0.3, -0.25) is 14.4 Å². The van der Waals surface area contributed by atoms with Crippen LogP contribution >= 0.6 is 0 Å². The number of carbonyl (C=O) groups is 3. The molecule has 0 saturated heterocycles. The SMILES string of the molecule is CC/C=C\C/C=C\C/C=C\C/C=C\C/C=C\C/C=C\C/C=C\CCCCCC(=O)OCC(COC(=O)CCCCCCCCC/C=C\C/C=C\C/C=C\CC)OC(=O)CCCCCC/C=C\C/C=C\C/C=C\C/C=C\C/C=C\C/C=C\CC. The summed E-state index contributed by atoms with van der Waals surface area (Å²) in [6, 6.07) is 0. The van der Waals surface area contributed by atoms with E-state index in [1.165, 1.54) is 25.7 Å². The molecule has 0 aliphatic carbocycles. The van der Waals surface area contributed by atoms with Gasteiger partial charge in [0.25, 0.3) is 0 Å². The lowest BCUT2D eigenvalue weighted by Gasteiger charge is -2.18. The molecule has 0 heterocycles. The van der Waals surface area contributed by atoms with Gasteiger partial charge in [0.1, 0.15) is 13.2 Å². The van der Waals surface area contributed by atoms with Crippen LogP contribution in [0.5, 0.6) is 0 Å². The molecule has 0 saturated carbocycles. The van der Waals surface area contributed by atoms with Gasteiger partial charge in [-0.2, -0.15) is 0 Å². The molecule has 0 N–H and O–H groups in total. The predicted molar refractivity (Wildman–Crippen MR) is 361 cm³/mol. The topological polar surface area (TPSA) is 78.9 Å². The monoisotopic (exact) mass is 1140 g/mol. The molecular formula is C77H118O6. The first-order valence-electron chi connectivity index (χ1n) is 32.9. The summed E-state index contributed by atoms with van der Waals surface area (Å²) in [5.41, 5.74) is 0. The summed E-state index contributed by atoms with van der Waals surface area (Å²) in [5.74, 6) is -0.991. The third-order valence-electron chi connectivity index (χ3n) is 13.1. The minimum absolute atomic E-state index is 0.115. The molecule has 6 nitrogen and oxygen atoms in total. The van der Waals surface area contributed by atoms with Gasteiger partial charge in [0.05, 0.1) is 0 Å². The van der Waals surface area contributed by atoms with Crippen molar-refractivity contribution in [2.24, 2.45) is 0 Å². The zero-order valence-electron chi connectivity index (χ0n) is 52.9. The number of carbonyl (C=O) groups excluding carboxylic acids is 3. The van der Waals surface area contributed by atoms with Gasteiger partial charge < -0.3 is 14.2 Å². The Labute approximate surface area is 509 Å². The van der Waals surface area contributed by atoms with E-state index in [1.54, 1.807) is 0 Å². The Hall–Kier alpha value is -5.75. The molecule has 462 valence electrons. The molecule has 0 rings (SSSR count). The number of ether oxygens (including phenoxy) is 3. The second-order valence-corrected chi connectivity index (χ2v) is 20.9. The zero-order valence-corrected chi connectivity index (χ0v) is 52.9. The lowest BCUT2D eigenvalue weighted by atomic mass is 10.1. The summed E-state index contributed by atoms with van der Waals surface area (Å²) in [6.45, 7) is 6.23. The largest absolute Gasteiger partial charge is 0.462 e. The number of hydrogen-bond acceptors (Lipinski definition) is 6. The highest BCUT2D eigenvalue weighted by Crippen LogP contribution is 2.13.